The van der Waals surface area contributed by atoms with Crippen LogP contribution in [0.15, 0.2) is 60.8 Å². The van der Waals surface area contributed by atoms with Crippen molar-refractivity contribution in [3.8, 4) is 11.1 Å². The Hall–Kier alpha value is -6.39. The lowest BCUT2D eigenvalue weighted by atomic mass is 9.82. The van der Waals surface area contributed by atoms with E-state index in [1.807, 2.05) is 55.7 Å². The third-order valence-corrected chi connectivity index (χ3v) is 11.7. The van der Waals surface area contributed by atoms with Crippen LogP contribution in [0.1, 0.15) is 70.7 Å². The van der Waals surface area contributed by atoms with Gasteiger partial charge in [0.1, 0.15) is 29.0 Å². The molecule has 3 aromatic rings. The Balaban J connectivity index is 1.79. The highest BCUT2D eigenvalue weighted by Crippen LogP contribution is 2.41. The molecule has 360 valence electrons. The number of primary amides is 1. The molecular weight excluding hydrogens is 887 g/mol. The van der Waals surface area contributed by atoms with Gasteiger partial charge in [0.25, 0.3) is 0 Å². The van der Waals surface area contributed by atoms with Crippen molar-refractivity contribution in [2.24, 2.45) is 22.6 Å². The van der Waals surface area contributed by atoms with Gasteiger partial charge in [-0.1, -0.05) is 51.1 Å². The number of aromatic nitrogens is 1. The normalized spacial score (nSPS) is 13.6. The first kappa shape index (κ1) is 53.9. The number of nitrogens with one attached hydrogen (secondary N) is 2. The highest BCUT2D eigenvalue weighted by molar-refractivity contribution is 8.00. The molecular formula is C44H58F2N8O11S. The Bertz CT molecular complexity index is 2220. The van der Waals surface area contributed by atoms with Gasteiger partial charge in [0, 0.05) is 74.7 Å². The van der Waals surface area contributed by atoms with Crippen LogP contribution in [0.3, 0.4) is 0 Å². The maximum atomic E-state index is 15.1. The topological polar surface area (TPSA) is 311 Å². The number of thioether (sulfide) groups is 1. The Morgan fingerprint density at radius 2 is 1.52 bits per heavy atom. The molecule has 66 heavy (non-hydrogen) atoms. The predicted molar refractivity (Wildman–Crippen MR) is 239 cm³/mol. The van der Waals surface area contributed by atoms with Gasteiger partial charge in [-0.3, -0.25) is 38.4 Å². The number of carboxylic acid groups (broad SMARTS) is 3. The van der Waals surface area contributed by atoms with Gasteiger partial charge in [-0.15, -0.1) is 11.8 Å². The summed E-state index contributed by atoms with van der Waals surface area (Å²) in [6, 6.07) is 9.43. The maximum Gasteiger partial charge on any atom is 0.321 e. The molecule has 2 aromatic carbocycles. The second-order valence-electron chi connectivity index (χ2n) is 16.6. The zero-order chi connectivity index (χ0) is 49.5. The molecule has 11 N–H and O–H groups in total. The van der Waals surface area contributed by atoms with Gasteiger partial charge >= 0.3 is 17.9 Å². The van der Waals surface area contributed by atoms with E-state index in [2.05, 4.69) is 10.6 Å². The number of rotatable bonds is 26. The third kappa shape index (κ3) is 16.2. The quantitative estimate of drug-likeness (QED) is 0.0571. The third-order valence-electron chi connectivity index (χ3n) is 10.4. The molecule has 1 heterocycles. The standard InChI is InChI=1S/C44H58F2N8O11S/c1-25(55)53(39(44(2,3)4)34-18-27(29-19-28(45)10-11-30(29)46)23-52(34)22-26-8-6-5-7-9-26)16-14-31(47)41(61)50-15-17-54(33(40(49)60)12-13-38(58)59)37(57)21-51-36(56)20-35(43(64)65)66-24-32(48)42(62)63/h5-11,18-19,23,31-33,35,39H,12-17,20-22,24,47-48H2,1-4H3,(H2,49,60)(H,50,61)(H,51,56)(H,58,59)(H,62,63)(H,64,65). The van der Waals surface area contributed by atoms with Crippen molar-refractivity contribution in [3.63, 3.8) is 0 Å². The smallest absolute Gasteiger partial charge is 0.321 e. The first-order valence-corrected chi connectivity index (χ1v) is 21.9. The Morgan fingerprint density at radius 1 is 0.848 bits per heavy atom. The number of nitrogens with two attached hydrogens (primary N) is 3. The molecule has 0 saturated heterocycles. The highest BCUT2D eigenvalue weighted by atomic mass is 32.2. The lowest BCUT2D eigenvalue weighted by molar-refractivity contribution is -0.142. The van der Waals surface area contributed by atoms with Crippen molar-refractivity contribution in [1.82, 2.24) is 25.0 Å². The second-order valence-corrected chi connectivity index (χ2v) is 17.8. The van der Waals surface area contributed by atoms with E-state index in [4.69, 9.17) is 22.3 Å². The first-order valence-electron chi connectivity index (χ1n) is 20.8. The van der Waals surface area contributed by atoms with Gasteiger partial charge in [-0.25, -0.2) is 8.78 Å². The van der Waals surface area contributed by atoms with Crippen LogP contribution in [-0.2, 0) is 44.9 Å². The summed E-state index contributed by atoms with van der Waals surface area (Å²) in [7, 11) is 0. The summed E-state index contributed by atoms with van der Waals surface area (Å²) in [6.07, 6.45) is -0.0693. The fourth-order valence-electron chi connectivity index (χ4n) is 7.11. The number of carboxylic acids is 3. The molecule has 0 saturated carbocycles. The number of benzene rings is 2. The molecule has 0 aliphatic rings. The molecule has 19 nitrogen and oxygen atoms in total. The SMILES string of the molecule is CC(=O)N(CCC(N)C(=O)NCCN(C(=O)CNC(=O)CC(SCC(N)C(=O)O)C(=O)O)C(CCC(=O)O)C(N)=O)C(c1cc(-c2cc(F)ccc2F)cn1Cc1ccccc1)C(C)(C)C. The lowest BCUT2D eigenvalue weighted by Crippen LogP contribution is -2.54. The number of aliphatic carboxylic acids is 3. The molecule has 0 aliphatic heterocycles. The molecule has 5 amide bonds. The van der Waals surface area contributed by atoms with E-state index in [1.165, 1.54) is 6.92 Å². The van der Waals surface area contributed by atoms with Crippen LogP contribution in [0.25, 0.3) is 11.1 Å². The van der Waals surface area contributed by atoms with E-state index < -0.39 is 120 Å². The van der Waals surface area contributed by atoms with Crippen molar-refractivity contribution in [2.75, 3.05) is 31.9 Å². The van der Waals surface area contributed by atoms with Crippen LogP contribution in [-0.4, -0.2) is 132 Å². The summed E-state index contributed by atoms with van der Waals surface area (Å²) < 4.78 is 31.4. The minimum absolute atomic E-state index is 0.0265. The average molecular weight is 945 g/mol. The maximum absolute atomic E-state index is 15.1. The average Bonchev–Trinajstić information content (AvgIpc) is 3.64. The van der Waals surface area contributed by atoms with Gasteiger partial charge in [0.2, 0.25) is 29.5 Å². The molecule has 5 unspecified atom stereocenters. The number of hydrogen-bond acceptors (Lipinski definition) is 11. The predicted octanol–water partition coefficient (Wildman–Crippen LogP) is 1.90. The summed E-state index contributed by atoms with van der Waals surface area (Å²) >= 11 is 0.607. The number of hydrogen-bond donors (Lipinski definition) is 8. The molecule has 0 spiro atoms. The van der Waals surface area contributed by atoms with E-state index in [0.29, 0.717) is 29.6 Å². The van der Waals surface area contributed by atoms with Gasteiger partial charge in [-0.05, 0) is 48.1 Å². The monoisotopic (exact) mass is 944 g/mol. The van der Waals surface area contributed by atoms with Crippen molar-refractivity contribution < 1.29 is 62.5 Å². The summed E-state index contributed by atoms with van der Waals surface area (Å²) in [5, 5.41) is 31.1. The molecule has 22 heteroatoms. The van der Waals surface area contributed by atoms with E-state index in [-0.39, 0.29) is 36.7 Å². The van der Waals surface area contributed by atoms with Gasteiger partial charge < -0.3 is 57.5 Å². The minimum Gasteiger partial charge on any atom is -0.481 e. The lowest BCUT2D eigenvalue weighted by Gasteiger charge is -2.41. The first-order chi connectivity index (χ1) is 30.9. The summed E-state index contributed by atoms with van der Waals surface area (Å²) in [6.45, 7) is 5.82. The summed E-state index contributed by atoms with van der Waals surface area (Å²) in [4.78, 5) is 102. The van der Waals surface area contributed by atoms with Crippen LogP contribution in [0, 0.1) is 17.0 Å². The van der Waals surface area contributed by atoms with Gasteiger partial charge in [-0.2, -0.15) is 0 Å². The number of carbonyl (C=O) groups is 8. The largest absolute Gasteiger partial charge is 0.481 e. The molecule has 1 aromatic heterocycles. The van der Waals surface area contributed by atoms with Crippen LogP contribution in [0.5, 0.6) is 0 Å². The van der Waals surface area contributed by atoms with Crippen LogP contribution >= 0.6 is 11.8 Å². The number of nitrogens with zero attached hydrogens (tertiary/aromatic N) is 3. The van der Waals surface area contributed by atoms with E-state index in [1.54, 1.807) is 17.2 Å². The van der Waals surface area contributed by atoms with Crippen LogP contribution in [0.2, 0.25) is 0 Å². The molecule has 5 atom stereocenters. The summed E-state index contributed by atoms with van der Waals surface area (Å²) in [5.41, 5.74) is 18.6. The summed E-state index contributed by atoms with van der Waals surface area (Å²) in [5.74, 6) is -9.76. The van der Waals surface area contributed by atoms with Crippen molar-refractivity contribution in [3.05, 3.63) is 83.7 Å². The van der Waals surface area contributed by atoms with Crippen LogP contribution in [0.4, 0.5) is 8.78 Å². The second kappa shape index (κ2) is 24.8. The Kier molecular flexibility index (Phi) is 20.2. The minimum atomic E-state index is -1.51. The van der Waals surface area contributed by atoms with Crippen molar-refractivity contribution >= 4 is 59.2 Å². The molecule has 3 rings (SSSR count). The van der Waals surface area contributed by atoms with Gasteiger partial charge in [0.05, 0.1) is 18.6 Å². The fourth-order valence-corrected chi connectivity index (χ4v) is 8.11. The zero-order valence-corrected chi connectivity index (χ0v) is 37.9. The molecule has 0 fully saturated rings. The molecule has 0 radical (unpaired) electrons. The highest BCUT2D eigenvalue weighted by Gasteiger charge is 2.37. The number of carbonyl (C=O) groups excluding carboxylic acids is 5. The van der Waals surface area contributed by atoms with Gasteiger partial charge in [0.15, 0.2) is 0 Å². The zero-order valence-electron chi connectivity index (χ0n) is 37.1. The Morgan fingerprint density at radius 3 is 2.09 bits per heavy atom. The van der Waals surface area contributed by atoms with Crippen molar-refractivity contribution in [2.45, 2.75) is 89.3 Å². The number of halogens is 2. The van der Waals surface area contributed by atoms with E-state index in [0.717, 1.165) is 28.7 Å². The molecule has 0 aliphatic carbocycles. The Labute approximate surface area is 384 Å². The van der Waals surface area contributed by atoms with Crippen LogP contribution < -0.4 is 27.8 Å². The number of amides is 5. The van der Waals surface area contributed by atoms with E-state index >= 15 is 4.39 Å². The van der Waals surface area contributed by atoms with Crippen molar-refractivity contribution in [1.29, 1.82) is 0 Å². The fraction of sp³-hybridized carbons (Fsp3) is 0.455. The van der Waals surface area contributed by atoms with E-state index in [9.17, 15) is 53.0 Å². The molecule has 0 bridgehead atoms.